The van der Waals surface area contributed by atoms with E-state index in [9.17, 15) is 14.0 Å². The van der Waals surface area contributed by atoms with Crippen LogP contribution in [0, 0.1) is 17.7 Å². The molecule has 0 radical (unpaired) electrons. The van der Waals surface area contributed by atoms with Gasteiger partial charge in [0.15, 0.2) is 0 Å². The van der Waals surface area contributed by atoms with E-state index in [0.717, 1.165) is 0 Å². The molecule has 3 atom stereocenters. The minimum atomic E-state index is -0.971. The molecule has 0 bridgehead atoms. The van der Waals surface area contributed by atoms with Crippen molar-refractivity contribution in [3.63, 3.8) is 0 Å². The number of carbonyl (C=O) groups excluding carboxylic acids is 1. The van der Waals surface area contributed by atoms with Crippen molar-refractivity contribution in [2.75, 3.05) is 7.11 Å². The van der Waals surface area contributed by atoms with Gasteiger partial charge in [0.1, 0.15) is 11.6 Å². The Kier molecular flexibility index (Phi) is 3.92. The fourth-order valence-corrected chi connectivity index (χ4v) is 2.27. The molecule has 0 saturated heterocycles. The van der Waals surface area contributed by atoms with Crippen LogP contribution in [0.2, 0.25) is 0 Å². The molecule has 2 N–H and O–H groups in total. The van der Waals surface area contributed by atoms with Crippen molar-refractivity contribution < 1.29 is 23.8 Å². The molecule has 1 aromatic carbocycles. The number of nitrogens with one attached hydrogen (secondary N) is 1. The van der Waals surface area contributed by atoms with E-state index < -0.39 is 29.7 Å². The Morgan fingerprint density at radius 3 is 2.70 bits per heavy atom. The summed E-state index contributed by atoms with van der Waals surface area (Å²) in [7, 11) is 1.42. The first kappa shape index (κ1) is 14.3. The van der Waals surface area contributed by atoms with Crippen LogP contribution in [-0.4, -0.2) is 24.1 Å². The van der Waals surface area contributed by atoms with E-state index in [2.05, 4.69) is 5.32 Å². The standard InChI is InChI=1S/C14H16FNO4/c1-7(12-10(15)4-3-5-11(12)20-2)16-13(17)8-6-9(8)14(18)19/h3-5,7-9H,6H2,1-2H3,(H,16,17)(H,18,19). The lowest BCUT2D eigenvalue weighted by Crippen LogP contribution is -2.30. The van der Waals surface area contributed by atoms with Gasteiger partial charge in [-0.2, -0.15) is 0 Å². The second-order valence-electron chi connectivity index (χ2n) is 4.87. The number of carboxylic acids is 1. The number of hydrogen-bond donors (Lipinski definition) is 2. The predicted octanol–water partition coefficient (Wildman–Crippen LogP) is 1.73. The Morgan fingerprint density at radius 1 is 1.45 bits per heavy atom. The number of methoxy groups -OCH3 is 1. The smallest absolute Gasteiger partial charge is 0.307 e. The molecule has 0 spiro atoms. The highest BCUT2D eigenvalue weighted by Gasteiger charge is 2.48. The molecule has 108 valence electrons. The fourth-order valence-electron chi connectivity index (χ4n) is 2.27. The zero-order valence-corrected chi connectivity index (χ0v) is 11.2. The third-order valence-electron chi connectivity index (χ3n) is 3.47. The van der Waals surface area contributed by atoms with E-state index in [4.69, 9.17) is 9.84 Å². The molecule has 6 heteroatoms. The molecule has 5 nitrogen and oxygen atoms in total. The first-order valence-corrected chi connectivity index (χ1v) is 6.31. The average molecular weight is 281 g/mol. The normalized spacial score (nSPS) is 21.9. The van der Waals surface area contributed by atoms with E-state index in [1.165, 1.54) is 19.2 Å². The van der Waals surface area contributed by atoms with Gasteiger partial charge in [-0.25, -0.2) is 4.39 Å². The number of amides is 1. The van der Waals surface area contributed by atoms with Gasteiger partial charge in [-0.3, -0.25) is 9.59 Å². The first-order valence-electron chi connectivity index (χ1n) is 6.31. The molecular formula is C14H16FNO4. The number of halogens is 1. The van der Waals surface area contributed by atoms with Crippen LogP contribution in [0.5, 0.6) is 5.75 Å². The van der Waals surface area contributed by atoms with Gasteiger partial charge < -0.3 is 15.2 Å². The van der Waals surface area contributed by atoms with Gasteiger partial charge in [0.05, 0.1) is 30.6 Å². The van der Waals surface area contributed by atoms with Crippen LogP contribution < -0.4 is 10.1 Å². The quantitative estimate of drug-likeness (QED) is 0.862. The van der Waals surface area contributed by atoms with Crippen LogP contribution in [0.1, 0.15) is 24.9 Å². The summed E-state index contributed by atoms with van der Waals surface area (Å²) in [4.78, 5) is 22.6. The van der Waals surface area contributed by atoms with Crippen molar-refractivity contribution in [3.8, 4) is 5.75 Å². The molecule has 20 heavy (non-hydrogen) atoms. The summed E-state index contributed by atoms with van der Waals surface area (Å²) in [6.45, 7) is 1.64. The molecule has 2 rings (SSSR count). The molecule has 0 heterocycles. The second kappa shape index (κ2) is 5.48. The Balaban J connectivity index is 2.08. The minimum absolute atomic E-state index is 0.260. The number of ether oxygens (including phenoxy) is 1. The van der Waals surface area contributed by atoms with E-state index >= 15 is 0 Å². The molecule has 3 unspecified atom stereocenters. The van der Waals surface area contributed by atoms with Gasteiger partial charge in [-0.1, -0.05) is 6.07 Å². The fraction of sp³-hybridized carbons (Fsp3) is 0.429. The van der Waals surface area contributed by atoms with Crippen molar-refractivity contribution in [3.05, 3.63) is 29.6 Å². The van der Waals surface area contributed by atoms with Crippen molar-refractivity contribution in [1.29, 1.82) is 0 Å². The van der Waals surface area contributed by atoms with Gasteiger partial charge in [0.25, 0.3) is 0 Å². The lowest BCUT2D eigenvalue weighted by molar-refractivity contribution is -0.140. The maximum atomic E-state index is 13.8. The SMILES string of the molecule is COc1cccc(F)c1C(C)NC(=O)C1CC1C(=O)O. The molecule has 1 fully saturated rings. The minimum Gasteiger partial charge on any atom is -0.496 e. The van der Waals surface area contributed by atoms with Crippen LogP contribution in [0.15, 0.2) is 18.2 Å². The van der Waals surface area contributed by atoms with Gasteiger partial charge in [0.2, 0.25) is 5.91 Å². The molecule has 1 aliphatic carbocycles. The number of carboxylic acid groups (broad SMARTS) is 1. The topological polar surface area (TPSA) is 75.6 Å². The van der Waals surface area contributed by atoms with E-state index in [1.807, 2.05) is 0 Å². The molecule has 1 aliphatic rings. The largest absolute Gasteiger partial charge is 0.496 e. The van der Waals surface area contributed by atoms with Crippen LogP contribution >= 0.6 is 0 Å². The zero-order chi connectivity index (χ0) is 14.9. The van der Waals surface area contributed by atoms with Crippen molar-refractivity contribution in [2.45, 2.75) is 19.4 Å². The summed E-state index contributed by atoms with van der Waals surface area (Å²) in [5, 5.41) is 11.4. The maximum Gasteiger partial charge on any atom is 0.307 e. The summed E-state index contributed by atoms with van der Waals surface area (Å²) in [5.41, 5.74) is 0.260. The lowest BCUT2D eigenvalue weighted by atomic mass is 10.1. The maximum absolute atomic E-state index is 13.8. The Labute approximate surface area is 115 Å². The highest BCUT2D eigenvalue weighted by atomic mass is 19.1. The molecular weight excluding hydrogens is 265 g/mol. The van der Waals surface area contributed by atoms with Crippen LogP contribution in [0.25, 0.3) is 0 Å². The molecule has 1 saturated carbocycles. The van der Waals surface area contributed by atoms with Crippen LogP contribution in [0.4, 0.5) is 4.39 Å². The highest BCUT2D eigenvalue weighted by molar-refractivity contribution is 5.89. The van der Waals surface area contributed by atoms with Crippen molar-refractivity contribution in [2.24, 2.45) is 11.8 Å². The Hall–Kier alpha value is -2.11. The third kappa shape index (κ3) is 2.74. The van der Waals surface area contributed by atoms with Crippen molar-refractivity contribution in [1.82, 2.24) is 5.32 Å². The Bertz CT molecular complexity index is 546. The third-order valence-corrected chi connectivity index (χ3v) is 3.47. The van der Waals surface area contributed by atoms with E-state index in [-0.39, 0.29) is 11.5 Å². The van der Waals surface area contributed by atoms with Gasteiger partial charge in [-0.05, 0) is 25.5 Å². The molecule has 0 aromatic heterocycles. The van der Waals surface area contributed by atoms with Gasteiger partial charge in [-0.15, -0.1) is 0 Å². The lowest BCUT2D eigenvalue weighted by Gasteiger charge is -2.18. The van der Waals surface area contributed by atoms with Crippen molar-refractivity contribution >= 4 is 11.9 Å². The number of rotatable bonds is 5. The second-order valence-corrected chi connectivity index (χ2v) is 4.87. The number of benzene rings is 1. The number of aliphatic carboxylic acids is 1. The molecule has 0 aliphatic heterocycles. The first-order chi connectivity index (χ1) is 9.45. The monoisotopic (exact) mass is 281 g/mol. The summed E-state index contributed by atoms with van der Waals surface area (Å²) >= 11 is 0. The van der Waals surface area contributed by atoms with E-state index in [1.54, 1.807) is 13.0 Å². The van der Waals surface area contributed by atoms with E-state index in [0.29, 0.717) is 12.2 Å². The van der Waals surface area contributed by atoms with Gasteiger partial charge >= 0.3 is 5.97 Å². The van der Waals surface area contributed by atoms with Crippen LogP contribution in [-0.2, 0) is 9.59 Å². The Morgan fingerprint density at radius 2 is 2.15 bits per heavy atom. The van der Waals surface area contributed by atoms with Gasteiger partial charge in [0, 0.05) is 0 Å². The summed E-state index contributed by atoms with van der Waals surface area (Å²) in [5.74, 6) is -2.60. The molecule has 1 amide bonds. The predicted molar refractivity (Wildman–Crippen MR) is 68.7 cm³/mol. The number of carbonyl (C=O) groups is 2. The zero-order valence-electron chi connectivity index (χ0n) is 11.2. The molecule has 1 aromatic rings. The van der Waals surface area contributed by atoms with Crippen LogP contribution in [0.3, 0.4) is 0 Å². The summed E-state index contributed by atoms with van der Waals surface area (Å²) in [6.07, 6.45) is 0.336. The summed E-state index contributed by atoms with van der Waals surface area (Å²) < 4.78 is 18.9. The summed E-state index contributed by atoms with van der Waals surface area (Å²) in [6, 6.07) is 3.83. The average Bonchev–Trinajstić information content (AvgIpc) is 3.18. The number of hydrogen-bond acceptors (Lipinski definition) is 3. The highest BCUT2D eigenvalue weighted by Crippen LogP contribution is 2.39.